The largest absolute Gasteiger partial charge is 0.374 e. The highest BCUT2D eigenvalue weighted by Crippen LogP contribution is 2.36. The minimum absolute atomic E-state index is 0.0956. The van der Waals surface area contributed by atoms with Crippen LogP contribution in [0.4, 0.5) is 10.7 Å². The van der Waals surface area contributed by atoms with E-state index in [9.17, 15) is 23.3 Å². The Morgan fingerprint density at radius 1 is 1.48 bits per heavy atom. The number of thiazole rings is 1. The lowest BCUT2D eigenvalue weighted by Gasteiger charge is -2.02. The van der Waals surface area contributed by atoms with Crippen LogP contribution in [0.3, 0.4) is 0 Å². The van der Waals surface area contributed by atoms with Gasteiger partial charge in [-0.05, 0) is 0 Å². The molecule has 0 saturated heterocycles. The lowest BCUT2D eigenvalue weighted by atomic mass is 10.5. The molecular weight excluding hydrogens is 340 g/mol. The van der Waals surface area contributed by atoms with Crippen molar-refractivity contribution >= 4 is 43.4 Å². The Morgan fingerprint density at radius 2 is 2.19 bits per heavy atom. The minimum atomic E-state index is -3.89. The quantitative estimate of drug-likeness (QED) is 0.524. The average Bonchev–Trinajstić information content (AvgIpc) is 3.02. The molecule has 12 heteroatoms. The van der Waals surface area contributed by atoms with Crippen LogP contribution in [0, 0.1) is 10.1 Å². The maximum absolute atomic E-state index is 12.1. The first-order valence-corrected chi connectivity index (χ1v) is 8.63. The summed E-state index contributed by atoms with van der Waals surface area (Å²) in [5, 5.41) is 15.1. The van der Waals surface area contributed by atoms with Gasteiger partial charge in [0, 0.05) is 24.2 Å². The van der Waals surface area contributed by atoms with E-state index in [0.717, 1.165) is 28.7 Å². The van der Waals surface area contributed by atoms with Crippen LogP contribution in [0.1, 0.15) is 5.69 Å². The van der Waals surface area contributed by atoms with Crippen LogP contribution in [-0.4, -0.2) is 25.4 Å². The predicted octanol–water partition coefficient (Wildman–Crippen LogP) is 0.926. The smallest absolute Gasteiger partial charge is 0.304 e. The molecule has 0 aliphatic rings. The topological polar surface area (TPSA) is 134 Å². The van der Waals surface area contributed by atoms with E-state index >= 15 is 0 Å². The zero-order valence-corrected chi connectivity index (χ0v) is 13.0. The van der Waals surface area contributed by atoms with Gasteiger partial charge >= 0.3 is 10.6 Å². The van der Waals surface area contributed by atoms with Gasteiger partial charge in [0.15, 0.2) is 5.00 Å². The van der Waals surface area contributed by atoms with Gasteiger partial charge in [-0.25, -0.2) is 13.1 Å². The van der Waals surface area contributed by atoms with E-state index < -0.39 is 14.9 Å². The second-order valence-electron chi connectivity index (χ2n) is 3.78. The maximum atomic E-state index is 12.1. The first kappa shape index (κ1) is 15.6. The molecular formula is C9H10N4O5S3. The van der Waals surface area contributed by atoms with E-state index in [-0.39, 0.29) is 26.3 Å². The van der Waals surface area contributed by atoms with Gasteiger partial charge in [-0.15, -0.1) is 0 Å². The molecule has 0 fully saturated rings. The van der Waals surface area contributed by atoms with Crippen molar-refractivity contribution in [1.29, 1.82) is 0 Å². The summed E-state index contributed by atoms with van der Waals surface area (Å²) in [7, 11) is -2.42. The summed E-state index contributed by atoms with van der Waals surface area (Å²) < 4.78 is 26.3. The summed E-state index contributed by atoms with van der Waals surface area (Å²) in [6.07, 6.45) is 0. The van der Waals surface area contributed by atoms with Gasteiger partial charge in [-0.3, -0.25) is 14.9 Å². The highest BCUT2D eigenvalue weighted by molar-refractivity contribution is 7.91. The zero-order valence-electron chi connectivity index (χ0n) is 10.6. The molecule has 0 aliphatic heterocycles. The van der Waals surface area contributed by atoms with Crippen LogP contribution in [-0.2, 0) is 16.6 Å². The Hall–Kier alpha value is -1.76. The molecule has 2 aromatic heterocycles. The highest BCUT2D eigenvalue weighted by atomic mass is 32.2. The van der Waals surface area contributed by atoms with Crippen LogP contribution in [0.5, 0.6) is 0 Å². The van der Waals surface area contributed by atoms with Crippen molar-refractivity contribution in [3.8, 4) is 0 Å². The van der Waals surface area contributed by atoms with Gasteiger partial charge in [0.05, 0.1) is 11.5 Å². The number of sulfonamides is 1. The standard InChI is InChI=1S/C9H10N4O5S3/c1-10-8-6(13(15)16)2-7(20-8)21(17,18)11-3-5-4-19-9(14)12-5/h2,4,10-11H,3H2,1H3,(H,12,14). The molecule has 0 aliphatic carbocycles. The van der Waals surface area contributed by atoms with Crippen molar-refractivity contribution in [3.05, 3.63) is 36.9 Å². The number of nitrogens with one attached hydrogen (secondary N) is 3. The van der Waals surface area contributed by atoms with Crippen molar-refractivity contribution in [1.82, 2.24) is 9.71 Å². The van der Waals surface area contributed by atoms with Gasteiger partial charge < -0.3 is 10.3 Å². The van der Waals surface area contributed by atoms with E-state index in [2.05, 4.69) is 15.0 Å². The second-order valence-corrected chi connectivity index (χ2v) is 7.67. The Bertz CT molecular complexity index is 819. The molecule has 114 valence electrons. The molecule has 0 radical (unpaired) electrons. The van der Waals surface area contributed by atoms with Crippen LogP contribution >= 0.6 is 22.7 Å². The maximum Gasteiger partial charge on any atom is 0.304 e. The number of anilines is 1. The number of aromatic amines is 1. The number of rotatable bonds is 6. The Labute approximate surface area is 126 Å². The number of hydrogen-bond acceptors (Lipinski definition) is 8. The Morgan fingerprint density at radius 3 is 2.67 bits per heavy atom. The van der Waals surface area contributed by atoms with Gasteiger partial charge in [0.1, 0.15) is 4.21 Å². The van der Waals surface area contributed by atoms with E-state index in [1.54, 1.807) is 0 Å². The first-order chi connectivity index (χ1) is 9.83. The van der Waals surface area contributed by atoms with Gasteiger partial charge in [0.2, 0.25) is 0 Å². The monoisotopic (exact) mass is 350 g/mol. The van der Waals surface area contributed by atoms with E-state index in [1.807, 2.05) is 0 Å². The molecule has 9 nitrogen and oxygen atoms in total. The zero-order chi connectivity index (χ0) is 15.6. The third kappa shape index (κ3) is 3.47. The molecule has 3 N–H and O–H groups in total. The van der Waals surface area contributed by atoms with Crippen LogP contribution < -0.4 is 14.9 Å². The molecule has 0 unspecified atom stereocenters. The number of H-pyrrole nitrogens is 1. The summed E-state index contributed by atoms with van der Waals surface area (Å²) in [5.41, 5.74) is 0.125. The van der Waals surface area contributed by atoms with Crippen molar-refractivity contribution < 1.29 is 13.3 Å². The fourth-order valence-electron chi connectivity index (χ4n) is 1.45. The van der Waals surface area contributed by atoms with E-state index in [0.29, 0.717) is 5.69 Å². The number of thiophene rings is 1. The fraction of sp³-hybridized carbons (Fsp3) is 0.222. The third-order valence-corrected chi connectivity index (χ3v) is 6.14. The summed E-state index contributed by atoms with van der Waals surface area (Å²) in [6.45, 7) is -0.0956. The second kappa shape index (κ2) is 5.93. The molecule has 2 rings (SSSR count). The number of aromatic nitrogens is 1. The highest BCUT2D eigenvalue weighted by Gasteiger charge is 2.25. The molecule has 0 bridgehead atoms. The number of nitro groups is 1. The van der Waals surface area contributed by atoms with E-state index in [1.165, 1.54) is 12.4 Å². The van der Waals surface area contributed by atoms with Gasteiger partial charge in [-0.2, -0.15) is 0 Å². The molecule has 0 atom stereocenters. The normalized spacial score (nSPS) is 11.5. The number of hydrogen-bond donors (Lipinski definition) is 3. The summed E-state index contributed by atoms with van der Waals surface area (Å²) in [6, 6.07) is 0.995. The lowest BCUT2D eigenvalue weighted by Crippen LogP contribution is -2.22. The molecule has 0 amide bonds. The van der Waals surface area contributed by atoms with Gasteiger partial charge in [0.25, 0.3) is 10.0 Å². The number of nitrogens with zero attached hydrogens (tertiary/aromatic N) is 1. The summed E-state index contributed by atoms with van der Waals surface area (Å²) in [5.74, 6) is 0. The summed E-state index contributed by atoms with van der Waals surface area (Å²) in [4.78, 5) is 23.3. The Balaban J connectivity index is 2.23. The van der Waals surface area contributed by atoms with E-state index in [4.69, 9.17) is 0 Å². The Kier molecular flexibility index (Phi) is 4.41. The van der Waals surface area contributed by atoms with Crippen LogP contribution in [0.25, 0.3) is 0 Å². The van der Waals surface area contributed by atoms with Gasteiger partial charge in [-0.1, -0.05) is 22.7 Å². The van der Waals surface area contributed by atoms with Crippen molar-refractivity contribution in [2.24, 2.45) is 0 Å². The first-order valence-electron chi connectivity index (χ1n) is 5.46. The molecule has 0 saturated carbocycles. The molecule has 0 spiro atoms. The van der Waals surface area contributed by atoms with Crippen molar-refractivity contribution in [2.45, 2.75) is 10.8 Å². The summed E-state index contributed by atoms with van der Waals surface area (Å²) >= 11 is 1.68. The predicted molar refractivity (Wildman–Crippen MR) is 79.5 cm³/mol. The molecule has 2 heterocycles. The van der Waals surface area contributed by atoms with Crippen molar-refractivity contribution in [2.75, 3.05) is 12.4 Å². The fourth-order valence-corrected chi connectivity index (χ4v) is 4.36. The third-order valence-electron chi connectivity index (χ3n) is 2.40. The average molecular weight is 350 g/mol. The van der Waals surface area contributed by atoms with Crippen molar-refractivity contribution in [3.63, 3.8) is 0 Å². The SMILES string of the molecule is CNc1sc(S(=O)(=O)NCc2csc(=O)[nH]2)cc1[N+](=O)[O-]. The molecule has 0 aromatic carbocycles. The van der Waals surface area contributed by atoms with Crippen LogP contribution in [0.2, 0.25) is 0 Å². The minimum Gasteiger partial charge on any atom is -0.374 e. The molecule has 21 heavy (non-hydrogen) atoms. The lowest BCUT2D eigenvalue weighted by molar-refractivity contribution is -0.383. The molecule has 2 aromatic rings. The van der Waals surface area contributed by atoms with Crippen LogP contribution in [0.15, 0.2) is 20.5 Å².